The van der Waals surface area contributed by atoms with Crippen molar-refractivity contribution in [2.24, 2.45) is 22.4 Å². The van der Waals surface area contributed by atoms with E-state index in [0.717, 1.165) is 7.11 Å². The summed E-state index contributed by atoms with van der Waals surface area (Å²) in [6, 6.07) is 1.84. The van der Waals surface area contributed by atoms with Gasteiger partial charge in [-0.3, -0.25) is 14.6 Å². The fourth-order valence-electron chi connectivity index (χ4n) is 3.72. The molecular weight excluding hydrogens is 554 g/mol. The fourth-order valence-corrected chi connectivity index (χ4v) is 3.72. The van der Waals surface area contributed by atoms with Gasteiger partial charge in [-0.05, 0) is 62.2 Å². The third kappa shape index (κ3) is 11.9. The molecule has 1 aromatic carbocycles. The van der Waals surface area contributed by atoms with Gasteiger partial charge >= 0.3 is 12.1 Å². The molecule has 1 aromatic rings. The summed E-state index contributed by atoms with van der Waals surface area (Å²) in [5, 5.41) is 25.5. The average molecular weight is 596 g/mol. The molecule has 0 aliphatic rings. The van der Waals surface area contributed by atoms with E-state index < -0.39 is 58.6 Å². The number of hydrazine groups is 1. The van der Waals surface area contributed by atoms with Crippen molar-refractivity contribution < 1.29 is 38.8 Å². The van der Waals surface area contributed by atoms with Crippen molar-refractivity contribution in [1.82, 2.24) is 15.6 Å². The van der Waals surface area contributed by atoms with E-state index in [0.29, 0.717) is 5.56 Å². The number of aromatic hydroxyl groups is 1. The van der Waals surface area contributed by atoms with Gasteiger partial charge in [-0.15, -0.1) is 0 Å². The number of nitrogens with one attached hydrogen (secondary N) is 2. The molecule has 3 unspecified atom stereocenters. The summed E-state index contributed by atoms with van der Waals surface area (Å²) in [7, 11) is 1.15. The number of carbonyl (C=O) groups excluding carboxylic acids is 4. The first-order valence-electron chi connectivity index (χ1n) is 13.1. The second-order valence-corrected chi connectivity index (χ2v) is 10.7. The average Bonchev–Trinajstić information content (AvgIpc) is 2.87. The Morgan fingerprint density at radius 3 is 2.17 bits per heavy atom. The summed E-state index contributed by atoms with van der Waals surface area (Å²) < 4.78 is 9.96. The molecule has 1 rings (SSSR count). The number of benzene rings is 1. The van der Waals surface area contributed by atoms with Crippen LogP contribution in [0.3, 0.4) is 0 Å². The highest BCUT2D eigenvalue weighted by Gasteiger charge is 2.43. The molecule has 0 fully saturated rings. The predicted molar refractivity (Wildman–Crippen MR) is 151 cm³/mol. The minimum absolute atomic E-state index is 0.0121. The van der Waals surface area contributed by atoms with Gasteiger partial charge in [-0.25, -0.2) is 19.7 Å². The largest absolute Gasteiger partial charge is 0.508 e. The number of carbonyl (C=O) groups is 4. The molecule has 0 radical (unpaired) electrons. The van der Waals surface area contributed by atoms with Gasteiger partial charge < -0.3 is 36.7 Å². The van der Waals surface area contributed by atoms with Crippen LogP contribution in [0.15, 0.2) is 29.3 Å². The van der Waals surface area contributed by atoms with Crippen LogP contribution in [0, 0.1) is 16.0 Å². The molecule has 7 N–H and O–H groups in total. The molecule has 0 aliphatic carbocycles. The highest BCUT2D eigenvalue weighted by Crippen LogP contribution is 2.17. The summed E-state index contributed by atoms with van der Waals surface area (Å²) in [4.78, 5) is 67.7. The molecule has 16 heteroatoms. The minimum atomic E-state index is -1.70. The van der Waals surface area contributed by atoms with Gasteiger partial charge in [0.1, 0.15) is 23.4 Å². The molecular formula is C26H41N7O9. The zero-order valence-corrected chi connectivity index (χ0v) is 24.7. The summed E-state index contributed by atoms with van der Waals surface area (Å²) >= 11 is 0. The molecule has 0 spiro atoms. The van der Waals surface area contributed by atoms with Crippen molar-refractivity contribution in [2.45, 2.75) is 77.6 Å². The zero-order valence-electron chi connectivity index (χ0n) is 24.7. The van der Waals surface area contributed by atoms with Crippen molar-refractivity contribution in [3.63, 3.8) is 0 Å². The molecule has 0 bridgehead atoms. The number of nitrogens with two attached hydrogens (primary N) is 2. The second-order valence-electron chi connectivity index (χ2n) is 10.7. The number of nitrogens with zero attached hydrogens (tertiary/aromatic N) is 3. The number of amides is 3. The molecule has 3 amide bonds. The van der Waals surface area contributed by atoms with Gasteiger partial charge in [-0.2, -0.15) is 0 Å². The van der Waals surface area contributed by atoms with E-state index in [9.17, 15) is 34.4 Å². The molecule has 0 aromatic heterocycles. The highest BCUT2D eigenvalue weighted by molar-refractivity contribution is 5.93. The smallest absolute Gasteiger partial charge is 0.469 e. The van der Waals surface area contributed by atoms with Crippen LogP contribution in [0.2, 0.25) is 0 Å². The Morgan fingerprint density at radius 2 is 1.69 bits per heavy atom. The summed E-state index contributed by atoms with van der Waals surface area (Å²) in [6.07, 6.45) is -1.54. The number of hydrogen-bond acceptors (Lipinski definition) is 10. The van der Waals surface area contributed by atoms with E-state index in [2.05, 4.69) is 15.6 Å². The van der Waals surface area contributed by atoms with Gasteiger partial charge in [0, 0.05) is 13.0 Å². The Balaban J connectivity index is 3.27. The van der Waals surface area contributed by atoms with Crippen LogP contribution >= 0.6 is 0 Å². The molecule has 0 heterocycles. The number of nitro groups is 1. The van der Waals surface area contributed by atoms with Gasteiger partial charge in [0.15, 0.2) is 17.0 Å². The van der Waals surface area contributed by atoms with E-state index in [4.69, 9.17) is 20.9 Å². The molecule has 0 saturated heterocycles. The maximum absolute atomic E-state index is 13.5. The van der Waals surface area contributed by atoms with Crippen LogP contribution in [-0.4, -0.2) is 82.4 Å². The number of ether oxygens (including phenoxy) is 2. The van der Waals surface area contributed by atoms with Crippen molar-refractivity contribution in [3.05, 3.63) is 39.9 Å². The number of esters is 1. The normalized spacial score (nSPS) is 13.2. The monoisotopic (exact) mass is 595 g/mol. The summed E-state index contributed by atoms with van der Waals surface area (Å²) in [6.45, 7) is 7.76. The molecule has 234 valence electrons. The van der Waals surface area contributed by atoms with E-state index in [1.54, 1.807) is 26.0 Å². The van der Waals surface area contributed by atoms with Crippen LogP contribution in [-0.2, 0) is 30.3 Å². The quantitative estimate of drug-likeness (QED) is 0.0497. The van der Waals surface area contributed by atoms with Gasteiger partial charge in [-0.1, -0.05) is 26.0 Å². The number of guanidine groups is 1. The first-order valence-corrected chi connectivity index (χ1v) is 13.1. The molecule has 0 saturated carbocycles. The number of phenols is 1. The Labute approximate surface area is 243 Å². The van der Waals surface area contributed by atoms with Crippen LogP contribution in [0.25, 0.3) is 0 Å². The van der Waals surface area contributed by atoms with E-state index >= 15 is 0 Å². The Morgan fingerprint density at radius 1 is 1.10 bits per heavy atom. The first kappa shape index (κ1) is 35.4. The number of methoxy groups -OCH3 is 1. The van der Waals surface area contributed by atoms with Crippen molar-refractivity contribution in [2.75, 3.05) is 13.7 Å². The van der Waals surface area contributed by atoms with Crippen LogP contribution in [0.5, 0.6) is 5.75 Å². The van der Waals surface area contributed by atoms with Crippen LogP contribution in [0.4, 0.5) is 4.79 Å². The predicted octanol–water partition coefficient (Wildman–Crippen LogP) is 0.584. The van der Waals surface area contributed by atoms with E-state index in [-0.39, 0.29) is 42.5 Å². The van der Waals surface area contributed by atoms with Crippen molar-refractivity contribution in [3.8, 4) is 5.75 Å². The lowest BCUT2D eigenvalue weighted by atomic mass is 10.00. The lowest BCUT2D eigenvalue weighted by Gasteiger charge is -2.29. The lowest BCUT2D eigenvalue weighted by molar-refractivity contribution is -0.641. The topological polar surface area (TPSA) is 242 Å². The summed E-state index contributed by atoms with van der Waals surface area (Å²) in [5.74, 6) is -3.29. The van der Waals surface area contributed by atoms with Gasteiger partial charge in [0.2, 0.25) is 11.8 Å². The maximum Gasteiger partial charge on any atom is 0.469 e. The van der Waals surface area contributed by atoms with Crippen LogP contribution in [0.1, 0.15) is 53.0 Å². The molecule has 16 nitrogen and oxygen atoms in total. The van der Waals surface area contributed by atoms with Gasteiger partial charge in [0.25, 0.3) is 0 Å². The Bertz CT molecular complexity index is 1130. The minimum Gasteiger partial charge on any atom is -0.508 e. The Kier molecular flexibility index (Phi) is 13.5. The Hall–Kier alpha value is -4.63. The fraction of sp³-hybridized carbons (Fsp3) is 0.577. The first-order chi connectivity index (χ1) is 19.5. The van der Waals surface area contributed by atoms with Crippen molar-refractivity contribution in [1.29, 1.82) is 0 Å². The van der Waals surface area contributed by atoms with Gasteiger partial charge in [0.05, 0.1) is 7.11 Å². The number of rotatable bonds is 14. The molecule has 0 aliphatic heterocycles. The van der Waals surface area contributed by atoms with E-state index in [1.807, 2.05) is 0 Å². The van der Waals surface area contributed by atoms with E-state index in [1.165, 1.54) is 32.9 Å². The number of aliphatic imine (C=N–C) groups is 1. The maximum atomic E-state index is 13.5. The van der Waals surface area contributed by atoms with Crippen molar-refractivity contribution >= 4 is 29.8 Å². The highest BCUT2D eigenvalue weighted by atomic mass is 16.7. The summed E-state index contributed by atoms with van der Waals surface area (Å²) in [5.41, 5.74) is 10.1. The third-order valence-corrected chi connectivity index (χ3v) is 5.71. The van der Waals surface area contributed by atoms with Crippen LogP contribution < -0.4 is 22.1 Å². The second kappa shape index (κ2) is 16.0. The number of phenolic OH excluding ortho intramolecular Hbond substituents is 1. The molecule has 42 heavy (non-hydrogen) atoms. The molecule has 3 atom stereocenters. The third-order valence-electron chi connectivity index (χ3n) is 5.71. The number of hydrogen-bond donors (Lipinski definition) is 5. The SMILES string of the molecule is COC(=O)C(Cc1ccc(O)cc1)NC(=O)C(NC(=O)C(CCCN=C(N)N)N(C(=O)OC(C)(C)C)[N+](=O)[O-])C(C)C. The standard InChI is InChI=1S/C26H41N7O9/c1-15(2)20(22(36)30-18(23(37)41-6)14-16-9-11-17(34)12-10-16)31-21(35)19(8-7-13-29-24(27)28)32(33(39)40)25(38)42-26(3,4)5/h9-12,15,18-20,34H,7-8,13-14H2,1-6H3,(H,30,36)(H,31,35)(H4,27,28,29). The lowest BCUT2D eigenvalue weighted by Crippen LogP contribution is -2.59. The zero-order chi connectivity index (χ0) is 32.2.